The van der Waals surface area contributed by atoms with Crippen LogP contribution >= 0.6 is 0 Å². The van der Waals surface area contributed by atoms with Crippen LogP contribution in [0.3, 0.4) is 0 Å². The fourth-order valence-corrected chi connectivity index (χ4v) is 3.21. The van der Waals surface area contributed by atoms with Crippen LogP contribution in [0.25, 0.3) is 0 Å². The number of methoxy groups -OCH3 is 1. The standard InChI is InChI=1S/C19H32N4O6/c1-15(2)16(24)12-29-14-18(26)21-6-10-23(11-7-21)19(27)22-8-4-20(5-9-22)17(25)13-28-3/h15H,4-14H2,1-3H3. The number of piperazine rings is 2. The first-order valence-corrected chi connectivity index (χ1v) is 10.0. The maximum atomic E-state index is 12.7. The van der Waals surface area contributed by atoms with Crippen molar-refractivity contribution in [3.8, 4) is 0 Å². The Kier molecular flexibility index (Phi) is 8.84. The number of urea groups is 1. The molecule has 2 aliphatic rings. The molecule has 0 aromatic heterocycles. The molecule has 0 radical (unpaired) electrons. The summed E-state index contributed by atoms with van der Waals surface area (Å²) in [5, 5.41) is 0. The van der Waals surface area contributed by atoms with Crippen molar-refractivity contribution in [2.45, 2.75) is 13.8 Å². The minimum atomic E-state index is -0.168. The van der Waals surface area contributed by atoms with Gasteiger partial charge in [0.2, 0.25) is 11.8 Å². The van der Waals surface area contributed by atoms with Gasteiger partial charge in [-0.15, -0.1) is 0 Å². The summed E-state index contributed by atoms with van der Waals surface area (Å²) in [6.07, 6.45) is 0. The SMILES string of the molecule is COCC(=O)N1CCN(C(=O)N2CCN(C(=O)COCC(=O)C(C)C)CC2)CC1. The van der Waals surface area contributed by atoms with Crippen LogP contribution in [-0.4, -0.2) is 123 Å². The van der Waals surface area contributed by atoms with Gasteiger partial charge in [0.25, 0.3) is 0 Å². The topological polar surface area (TPSA) is 99.7 Å². The summed E-state index contributed by atoms with van der Waals surface area (Å²) in [6, 6.07) is -0.0604. The van der Waals surface area contributed by atoms with E-state index in [4.69, 9.17) is 9.47 Å². The van der Waals surface area contributed by atoms with E-state index < -0.39 is 0 Å². The first-order valence-electron chi connectivity index (χ1n) is 10.0. The smallest absolute Gasteiger partial charge is 0.320 e. The molecule has 4 amide bonds. The van der Waals surface area contributed by atoms with Crippen molar-refractivity contribution >= 4 is 23.6 Å². The fraction of sp³-hybridized carbons (Fsp3) is 0.789. The van der Waals surface area contributed by atoms with Crippen LogP contribution in [0.15, 0.2) is 0 Å². The van der Waals surface area contributed by atoms with Crippen molar-refractivity contribution < 1.29 is 28.7 Å². The van der Waals surface area contributed by atoms with E-state index in [-0.39, 0.29) is 49.4 Å². The molecule has 0 aromatic rings. The number of ketones is 1. The number of hydrogen-bond donors (Lipinski definition) is 0. The molecule has 2 heterocycles. The normalized spacial score (nSPS) is 17.7. The zero-order valence-electron chi connectivity index (χ0n) is 17.6. The molecule has 0 aliphatic carbocycles. The summed E-state index contributed by atoms with van der Waals surface area (Å²) < 4.78 is 10.1. The van der Waals surface area contributed by atoms with Gasteiger partial charge in [0.15, 0.2) is 5.78 Å². The number of nitrogens with zero attached hydrogens (tertiary/aromatic N) is 4. The van der Waals surface area contributed by atoms with Crippen LogP contribution in [0.2, 0.25) is 0 Å². The maximum Gasteiger partial charge on any atom is 0.320 e. The molecule has 0 N–H and O–H groups in total. The van der Waals surface area contributed by atoms with E-state index in [0.717, 1.165) is 0 Å². The Morgan fingerprint density at radius 3 is 1.52 bits per heavy atom. The Morgan fingerprint density at radius 2 is 1.10 bits per heavy atom. The lowest BCUT2D eigenvalue weighted by Gasteiger charge is -2.40. The third-order valence-electron chi connectivity index (χ3n) is 5.19. The number of amides is 4. The minimum absolute atomic E-state index is 0.0303. The molecule has 0 spiro atoms. The van der Waals surface area contributed by atoms with Crippen LogP contribution in [-0.2, 0) is 23.9 Å². The average molecular weight is 412 g/mol. The van der Waals surface area contributed by atoms with Crippen LogP contribution in [0.4, 0.5) is 4.79 Å². The average Bonchev–Trinajstić information content (AvgIpc) is 2.73. The second kappa shape index (κ2) is 11.1. The quantitative estimate of drug-likeness (QED) is 0.547. The molecule has 10 nitrogen and oxygen atoms in total. The Labute approximate surface area is 171 Å². The lowest BCUT2D eigenvalue weighted by molar-refractivity contribution is -0.139. The highest BCUT2D eigenvalue weighted by atomic mass is 16.5. The van der Waals surface area contributed by atoms with Crippen molar-refractivity contribution in [1.29, 1.82) is 0 Å². The predicted molar refractivity (Wildman–Crippen MR) is 104 cm³/mol. The fourth-order valence-electron chi connectivity index (χ4n) is 3.21. The largest absolute Gasteiger partial charge is 0.375 e. The molecule has 29 heavy (non-hydrogen) atoms. The van der Waals surface area contributed by atoms with Gasteiger partial charge in [-0.25, -0.2) is 4.79 Å². The molecule has 10 heteroatoms. The third-order valence-corrected chi connectivity index (χ3v) is 5.19. The van der Waals surface area contributed by atoms with Gasteiger partial charge in [0.1, 0.15) is 19.8 Å². The van der Waals surface area contributed by atoms with E-state index in [9.17, 15) is 19.2 Å². The highest BCUT2D eigenvalue weighted by Crippen LogP contribution is 2.10. The highest BCUT2D eigenvalue weighted by Gasteiger charge is 2.30. The Bertz CT molecular complexity index is 596. The molecule has 0 aromatic carbocycles. The molecule has 164 valence electrons. The zero-order valence-corrected chi connectivity index (χ0v) is 17.6. The van der Waals surface area contributed by atoms with E-state index in [0.29, 0.717) is 52.4 Å². The molecule has 2 aliphatic heterocycles. The minimum Gasteiger partial charge on any atom is -0.375 e. The molecule has 0 saturated carbocycles. The summed E-state index contributed by atoms with van der Waals surface area (Å²) in [5.74, 6) is -0.375. The second-order valence-electron chi connectivity index (χ2n) is 7.57. The van der Waals surface area contributed by atoms with Gasteiger partial charge in [-0.05, 0) is 0 Å². The number of carbonyl (C=O) groups is 4. The molecule has 2 fully saturated rings. The monoisotopic (exact) mass is 412 g/mol. The molecular formula is C19H32N4O6. The van der Waals surface area contributed by atoms with Crippen molar-refractivity contribution in [3.05, 3.63) is 0 Å². The molecule has 2 saturated heterocycles. The lowest BCUT2D eigenvalue weighted by atomic mass is 10.1. The summed E-state index contributed by atoms with van der Waals surface area (Å²) in [4.78, 5) is 55.1. The van der Waals surface area contributed by atoms with E-state index >= 15 is 0 Å². The van der Waals surface area contributed by atoms with Crippen molar-refractivity contribution in [2.75, 3.05) is 79.3 Å². The molecular weight excluding hydrogens is 380 g/mol. The summed E-state index contributed by atoms with van der Waals surface area (Å²) in [6.45, 7) is 7.24. The molecule has 0 atom stereocenters. The zero-order chi connectivity index (χ0) is 21.4. The van der Waals surface area contributed by atoms with Crippen LogP contribution in [0.5, 0.6) is 0 Å². The Balaban J connectivity index is 1.69. The van der Waals surface area contributed by atoms with Crippen molar-refractivity contribution in [2.24, 2.45) is 5.92 Å². The van der Waals surface area contributed by atoms with Crippen LogP contribution in [0.1, 0.15) is 13.8 Å². The number of Topliss-reactive ketones (excluding diaryl/α,β-unsaturated/α-hetero) is 1. The maximum absolute atomic E-state index is 12.7. The van der Waals surface area contributed by atoms with Gasteiger partial charge in [0, 0.05) is 65.4 Å². The van der Waals surface area contributed by atoms with Gasteiger partial charge in [-0.2, -0.15) is 0 Å². The highest BCUT2D eigenvalue weighted by molar-refractivity contribution is 5.82. The van der Waals surface area contributed by atoms with Gasteiger partial charge in [-0.1, -0.05) is 13.8 Å². The van der Waals surface area contributed by atoms with E-state index in [1.807, 2.05) is 0 Å². The number of hydrogen-bond acceptors (Lipinski definition) is 6. The van der Waals surface area contributed by atoms with E-state index in [1.165, 1.54) is 7.11 Å². The number of ether oxygens (including phenoxy) is 2. The first-order chi connectivity index (χ1) is 13.8. The van der Waals surface area contributed by atoms with Gasteiger partial charge >= 0.3 is 6.03 Å². The summed E-state index contributed by atoms with van der Waals surface area (Å²) in [5.41, 5.74) is 0. The number of carbonyl (C=O) groups excluding carboxylic acids is 4. The Morgan fingerprint density at radius 1 is 0.690 bits per heavy atom. The Hall–Kier alpha value is -2.20. The van der Waals surface area contributed by atoms with E-state index in [1.54, 1.807) is 33.4 Å². The first kappa shape index (κ1) is 23.1. The van der Waals surface area contributed by atoms with E-state index in [2.05, 4.69) is 0 Å². The third kappa shape index (κ3) is 6.67. The second-order valence-corrected chi connectivity index (χ2v) is 7.57. The van der Waals surface area contributed by atoms with Gasteiger partial charge in [0.05, 0.1) is 0 Å². The molecule has 0 bridgehead atoms. The van der Waals surface area contributed by atoms with Crippen LogP contribution in [0, 0.1) is 5.92 Å². The summed E-state index contributed by atoms with van der Waals surface area (Å²) >= 11 is 0. The van der Waals surface area contributed by atoms with Crippen molar-refractivity contribution in [3.63, 3.8) is 0 Å². The molecule has 2 rings (SSSR count). The van der Waals surface area contributed by atoms with Gasteiger partial charge in [-0.3, -0.25) is 14.4 Å². The van der Waals surface area contributed by atoms with Gasteiger partial charge < -0.3 is 29.1 Å². The van der Waals surface area contributed by atoms with Crippen molar-refractivity contribution in [1.82, 2.24) is 19.6 Å². The number of rotatable bonds is 7. The molecule has 0 unspecified atom stereocenters. The van der Waals surface area contributed by atoms with Crippen LogP contribution < -0.4 is 0 Å². The lowest BCUT2D eigenvalue weighted by Crippen LogP contribution is -2.58. The predicted octanol–water partition coefficient (Wildman–Crippen LogP) is -0.717. The summed E-state index contributed by atoms with van der Waals surface area (Å²) in [7, 11) is 1.49.